The van der Waals surface area contributed by atoms with Crippen LogP contribution in [0.2, 0.25) is 0 Å². The van der Waals surface area contributed by atoms with E-state index in [1.165, 1.54) is 0 Å². The number of nitrogens with zero attached hydrogens (tertiary/aromatic N) is 1. The molecule has 0 bridgehead atoms. The minimum Gasteiger partial charge on any atom is -0.494 e. The van der Waals surface area contributed by atoms with Gasteiger partial charge in [-0.3, -0.25) is 0 Å². The maximum absolute atomic E-state index is 11.4. The minimum atomic E-state index is -0.469. The van der Waals surface area contributed by atoms with E-state index in [9.17, 15) is 4.79 Å². The van der Waals surface area contributed by atoms with Crippen molar-refractivity contribution in [1.82, 2.24) is 5.32 Å². The predicted molar refractivity (Wildman–Crippen MR) is 80.1 cm³/mol. The monoisotopic (exact) mass is 290 g/mol. The lowest BCUT2D eigenvalue weighted by molar-refractivity contribution is 0.0526. The van der Waals surface area contributed by atoms with Crippen molar-refractivity contribution in [3.05, 3.63) is 29.8 Å². The van der Waals surface area contributed by atoms with Crippen molar-refractivity contribution >= 4 is 6.09 Å². The summed E-state index contributed by atoms with van der Waals surface area (Å²) < 4.78 is 10.7. The van der Waals surface area contributed by atoms with Gasteiger partial charge >= 0.3 is 6.09 Å². The van der Waals surface area contributed by atoms with Crippen LogP contribution >= 0.6 is 0 Å². The second-order valence-corrected chi connectivity index (χ2v) is 5.62. The molecule has 0 spiro atoms. The Balaban J connectivity index is 2.09. The Hall–Kier alpha value is -2.22. The van der Waals surface area contributed by atoms with E-state index in [1.54, 1.807) is 24.3 Å². The molecule has 0 aliphatic heterocycles. The van der Waals surface area contributed by atoms with Gasteiger partial charge in [-0.15, -0.1) is 0 Å². The fraction of sp³-hybridized carbons (Fsp3) is 0.500. The number of unbranched alkanes of at least 4 members (excludes halogenated alkanes) is 1. The zero-order valence-electron chi connectivity index (χ0n) is 12.8. The Labute approximate surface area is 125 Å². The SMILES string of the molecule is CC(C)(C)OC(=O)NCCCCOc1ccc(C#N)cc1. The summed E-state index contributed by atoms with van der Waals surface area (Å²) in [6.07, 6.45) is 1.25. The molecule has 0 heterocycles. The normalized spacial score (nSPS) is 10.6. The van der Waals surface area contributed by atoms with Crippen molar-refractivity contribution in [2.45, 2.75) is 39.2 Å². The standard InChI is InChI=1S/C16H22N2O3/c1-16(2,3)21-15(19)18-10-4-5-11-20-14-8-6-13(12-17)7-9-14/h6-9H,4-5,10-11H2,1-3H3,(H,18,19). The lowest BCUT2D eigenvalue weighted by Gasteiger charge is -2.19. The summed E-state index contributed by atoms with van der Waals surface area (Å²) in [6.45, 7) is 6.63. The third-order valence-electron chi connectivity index (χ3n) is 2.49. The summed E-state index contributed by atoms with van der Waals surface area (Å²) in [7, 11) is 0. The van der Waals surface area contributed by atoms with Gasteiger partial charge in [0.05, 0.1) is 18.2 Å². The first kappa shape index (κ1) is 16.8. The number of amides is 1. The average Bonchev–Trinajstić information content (AvgIpc) is 2.41. The van der Waals surface area contributed by atoms with E-state index >= 15 is 0 Å². The first-order chi connectivity index (χ1) is 9.90. The van der Waals surface area contributed by atoms with Crippen LogP contribution in [0.5, 0.6) is 5.75 Å². The molecule has 21 heavy (non-hydrogen) atoms. The molecular weight excluding hydrogens is 268 g/mol. The van der Waals surface area contributed by atoms with Crippen molar-refractivity contribution in [1.29, 1.82) is 5.26 Å². The smallest absolute Gasteiger partial charge is 0.407 e. The van der Waals surface area contributed by atoms with Crippen molar-refractivity contribution in [2.75, 3.05) is 13.2 Å². The van der Waals surface area contributed by atoms with Gasteiger partial charge in [-0.1, -0.05) is 0 Å². The molecule has 5 heteroatoms. The number of alkyl carbamates (subject to hydrolysis) is 1. The fourth-order valence-corrected chi connectivity index (χ4v) is 1.55. The van der Waals surface area contributed by atoms with Crippen LogP contribution in [0.15, 0.2) is 24.3 Å². The first-order valence-electron chi connectivity index (χ1n) is 7.00. The summed E-state index contributed by atoms with van der Waals surface area (Å²) in [6, 6.07) is 9.05. The second kappa shape index (κ2) is 8.15. The van der Waals surface area contributed by atoms with Gasteiger partial charge in [0.2, 0.25) is 0 Å². The highest BCUT2D eigenvalue weighted by Gasteiger charge is 2.15. The molecule has 1 amide bonds. The Morgan fingerprint density at radius 1 is 1.24 bits per heavy atom. The molecule has 0 radical (unpaired) electrons. The topological polar surface area (TPSA) is 71.3 Å². The second-order valence-electron chi connectivity index (χ2n) is 5.62. The number of nitriles is 1. The molecule has 0 atom stereocenters. The van der Waals surface area contributed by atoms with Crippen molar-refractivity contribution < 1.29 is 14.3 Å². The molecule has 0 saturated heterocycles. The van der Waals surface area contributed by atoms with E-state index < -0.39 is 11.7 Å². The zero-order chi connectivity index (χ0) is 15.7. The van der Waals surface area contributed by atoms with E-state index in [2.05, 4.69) is 11.4 Å². The van der Waals surface area contributed by atoms with Gasteiger partial charge in [0, 0.05) is 6.54 Å². The Morgan fingerprint density at radius 2 is 1.90 bits per heavy atom. The number of carbonyl (C=O) groups excluding carboxylic acids is 1. The number of hydrogen-bond acceptors (Lipinski definition) is 4. The predicted octanol–water partition coefficient (Wildman–Crippen LogP) is 3.24. The molecular formula is C16H22N2O3. The molecule has 1 aromatic carbocycles. The third kappa shape index (κ3) is 7.83. The number of ether oxygens (including phenoxy) is 2. The summed E-state index contributed by atoms with van der Waals surface area (Å²) in [5.41, 5.74) is 0.145. The van der Waals surface area contributed by atoms with E-state index in [0.717, 1.165) is 18.6 Å². The van der Waals surface area contributed by atoms with E-state index in [0.29, 0.717) is 18.7 Å². The molecule has 1 aromatic rings. The quantitative estimate of drug-likeness (QED) is 0.816. The highest BCUT2D eigenvalue weighted by atomic mass is 16.6. The van der Waals surface area contributed by atoms with Crippen LogP contribution in [0.3, 0.4) is 0 Å². The third-order valence-corrected chi connectivity index (χ3v) is 2.49. The summed E-state index contributed by atoms with van der Waals surface area (Å²) in [4.78, 5) is 11.4. The van der Waals surface area contributed by atoms with Crippen LogP contribution in [0.1, 0.15) is 39.2 Å². The molecule has 5 nitrogen and oxygen atoms in total. The maximum atomic E-state index is 11.4. The van der Waals surface area contributed by atoms with Crippen LogP contribution in [0, 0.1) is 11.3 Å². The molecule has 0 fully saturated rings. The van der Waals surface area contributed by atoms with E-state index in [4.69, 9.17) is 14.7 Å². The van der Waals surface area contributed by atoms with Gasteiger partial charge in [0.1, 0.15) is 11.4 Å². The molecule has 114 valence electrons. The lowest BCUT2D eigenvalue weighted by atomic mass is 10.2. The highest BCUT2D eigenvalue weighted by Crippen LogP contribution is 2.12. The Bertz CT molecular complexity index is 484. The van der Waals surface area contributed by atoms with Crippen molar-refractivity contribution in [3.8, 4) is 11.8 Å². The van der Waals surface area contributed by atoms with E-state index in [1.807, 2.05) is 20.8 Å². The molecule has 0 saturated carbocycles. The molecule has 1 rings (SSSR count). The molecule has 0 aliphatic rings. The first-order valence-corrected chi connectivity index (χ1v) is 7.00. The van der Waals surface area contributed by atoms with Crippen LogP contribution in [-0.4, -0.2) is 24.8 Å². The van der Waals surface area contributed by atoms with Gasteiger partial charge in [0.15, 0.2) is 0 Å². The summed E-state index contributed by atoms with van der Waals surface area (Å²) in [5.74, 6) is 0.745. The van der Waals surface area contributed by atoms with Gasteiger partial charge < -0.3 is 14.8 Å². The molecule has 1 N–H and O–H groups in total. The Morgan fingerprint density at radius 3 is 2.48 bits per heavy atom. The highest BCUT2D eigenvalue weighted by molar-refractivity contribution is 5.67. The lowest BCUT2D eigenvalue weighted by Crippen LogP contribution is -2.33. The fourth-order valence-electron chi connectivity index (χ4n) is 1.55. The summed E-state index contributed by atoms with van der Waals surface area (Å²) in [5, 5.41) is 11.4. The van der Waals surface area contributed by atoms with Crippen molar-refractivity contribution in [2.24, 2.45) is 0 Å². The van der Waals surface area contributed by atoms with Crippen LogP contribution < -0.4 is 10.1 Å². The van der Waals surface area contributed by atoms with Crippen LogP contribution in [-0.2, 0) is 4.74 Å². The van der Waals surface area contributed by atoms with Gasteiger partial charge in [-0.05, 0) is 57.9 Å². The number of carbonyl (C=O) groups is 1. The van der Waals surface area contributed by atoms with Crippen LogP contribution in [0.25, 0.3) is 0 Å². The van der Waals surface area contributed by atoms with Crippen LogP contribution in [0.4, 0.5) is 4.79 Å². The number of nitrogens with one attached hydrogen (secondary N) is 1. The number of hydrogen-bond donors (Lipinski definition) is 1. The average molecular weight is 290 g/mol. The largest absolute Gasteiger partial charge is 0.494 e. The molecule has 0 aliphatic carbocycles. The zero-order valence-corrected chi connectivity index (χ0v) is 12.8. The van der Waals surface area contributed by atoms with E-state index in [-0.39, 0.29) is 0 Å². The van der Waals surface area contributed by atoms with Gasteiger partial charge in [-0.25, -0.2) is 4.79 Å². The molecule has 0 unspecified atom stereocenters. The minimum absolute atomic E-state index is 0.393. The van der Waals surface area contributed by atoms with Crippen molar-refractivity contribution in [3.63, 3.8) is 0 Å². The summed E-state index contributed by atoms with van der Waals surface area (Å²) >= 11 is 0. The number of benzene rings is 1. The molecule has 0 aromatic heterocycles. The van der Waals surface area contributed by atoms with Gasteiger partial charge in [-0.2, -0.15) is 5.26 Å². The maximum Gasteiger partial charge on any atom is 0.407 e. The van der Waals surface area contributed by atoms with Gasteiger partial charge in [0.25, 0.3) is 0 Å². The number of rotatable bonds is 6. The Kier molecular flexibility index (Phi) is 6.54.